The van der Waals surface area contributed by atoms with E-state index in [9.17, 15) is 17.8 Å². The Balaban J connectivity index is 2.39. The van der Waals surface area contributed by atoms with Crippen molar-refractivity contribution in [3.05, 3.63) is 59.2 Å². The first-order chi connectivity index (χ1) is 9.95. The Kier molecular flexibility index (Phi) is 3.07. The van der Waals surface area contributed by atoms with Gasteiger partial charge in [-0.15, -0.1) is 0 Å². The fourth-order valence-corrected chi connectivity index (χ4v) is 3.88. The minimum absolute atomic E-state index is 0.147. The maximum absolute atomic E-state index is 11.9. The van der Waals surface area contributed by atoms with E-state index < -0.39 is 21.3 Å². The molecule has 5 nitrogen and oxygen atoms in total. The molecule has 1 atom stereocenters. The van der Waals surface area contributed by atoms with E-state index in [-0.39, 0.29) is 11.1 Å². The second-order valence-corrected chi connectivity index (χ2v) is 6.24. The van der Waals surface area contributed by atoms with Crippen LogP contribution < -0.4 is 0 Å². The molecule has 0 aliphatic heterocycles. The zero-order chi connectivity index (χ0) is 15.2. The summed E-state index contributed by atoms with van der Waals surface area (Å²) < 4.78 is 38.0. The summed E-state index contributed by atoms with van der Waals surface area (Å²) in [6.07, 6.45) is 0. The molecule has 0 fully saturated rings. The maximum atomic E-state index is 11.9. The predicted molar refractivity (Wildman–Crippen MR) is 76.6 cm³/mol. The average Bonchev–Trinajstić information content (AvgIpc) is 2.80. The van der Waals surface area contributed by atoms with Crippen molar-refractivity contribution < 1.29 is 22.5 Å². The number of ether oxygens (including phenoxy) is 1. The highest BCUT2D eigenvalue weighted by Gasteiger charge is 2.40. The molecular formula is C15H12O5S. The zero-order valence-electron chi connectivity index (χ0n) is 11.1. The van der Waals surface area contributed by atoms with Gasteiger partial charge in [0.1, 0.15) is 5.25 Å². The molecule has 0 aromatic heterocycles. The van der Waals surface area contributed by atoms with Crippen LogP contribution in [0.1, 0.15) is 26.7 Å². The fourth-order valence-electron chi connectivity index (χ4n) is 2.81. The number of hydrogen-bond donors (Lipinski definition) is 1. The lowest BCUT2D eigenvalue weighted by Gasteiger charge is -2.13. The Labute approximate surface area is 121 Å². The molecule has 1 aliphatic carbocycles. The minimum Gasteiger partial charge on any atom is -0.465 e. The number of carbonyl (C=O) groups excluding carboxylic acids is 1. The van der Waals surface area contributed by atoms with Gasteiger partial charge in [0.25, 0.3) is 10.1 Å². The molecule has 1 aliphatic rings. The molecule has 0 amide bonds. The lowest BCUT2D eigenvalue weighted by molar-refractivity contribution is 0.0599. The third kappa shape index (κ3) is 2.03. The average molecular weight is 304 g/mol. The van der Waals surface area contributed by atoms with E-state index >= 15 is 0 Å². The van der Waals surface area contributed by atoms with E-state index in [4.69, 9.17) is 4.74 Å². The summed E-state index contributed by atoms with van der Waals surface area (Å²) in [4.78, 5) is 11.9. The summed E-state index contributed by atoms with van der Waals surface area (Å²) in [5.41, 5.74) is 2.20. The maximum Gasteiger partial charge on any atom is 0.338 e. The number of fused-ring (bicyclic) bond motifs is 3. The highest BCUT2D eigenvalue weighted by molar-refractivity contribution is 7.86. The molecule has 2 aromatic carbocycles. The SMILES string of the molecule is COC(=O)c1cccc2c1C(S(=O)(=O)O)c1ccccc1-2. The van der Waals surface area contributed by atoms with Gasteiger partial charge in [0, 0.05) is 0 Å². The molecule has 0 bridgehead atoms. The van der Waals surface area contributed by atoms with Crippen molar-refractivity contribution in [2.24, 2.45) is 0 Å². The number of rotatable bonds is 2. The third-order valence-electron chi connectivity index (χ3n) is 3.60. The van der Waals surface area contributed by atoms with Gasteiger partial charge < -0.3 is 4.74 Å². The van der Waals surface area contributed by atoms with Crippen LogP contribution in [0.3, 0.4) is 0 Å². The van der Waals surface area contributed by atoms with Crippen LogP contribution in [-0.4, -0.2) is 26.0 Å². The molecule has 3 rings (SSSR count). The summed E-state index contributed by atoms with van der Waals surface area (Å²) in [5.74, 6) is -0.631. The molecular weight excluding hydrogens is 292 g/mol. The van der Waals surface area contributed by atoms with Gasteiger partial charge in [0.2, 0.25) is 0 Å². The zero-order valence-corrected chi connectivity index (χ0v) is 11.9. The Morgan fingerprint density at radius 2 is 1.76 bits per heavy atom. The first-order valence-corrected chi connectivity index (χ1v) is 7.72. The third-order valence-corrected chi connectivity index (χ3v) is 4.69. The molecule has 21 heavy (non-hydrogen) atoms. The van der Waals surface area contributed by atoms with Gasteiger partial charge in [-0.3, -0.25) is 4.55 Å². The first kappa shape index (κ1) is 13.8. The fraction of sp³-hybridized carbons (Fsp3) is 0.133. The highest BCUT2D eigenvalue weighted by atomic mass is 32.2. The Bertz CT molecular complexity index is 839. The smallest absolute Gasteiger partial charge is 0.338 e. The molecule has 0 heterocycles. The quantitative estimate of drug-likeness (QED) is 0.681. The van der Waals surface area contributed by atoms with Crippen molar-refractivity contribution >= 4 is 16.1 Å². The molecule has 1 unspecified atom stereocenters. The lowest BCUT2D eigenvalue weighted by Crippen LogP contribution is -2.15. The molecule has 0 saturated carbocycles. The Hall–Kier alpha value is -2.18. The number of benzene rings is 2. The highest BCUT2D eigenvalue weighted by Crippen LogP contribution is 2.48. The van der Waals surface area contributed by atoms with Gasteiger partial charge in [-0.2, -0.15) is 8.42 Å². The van der Waals surface area contributed by atoms with Gasteiger partial charge in [0.15, 0.2) is 0 Å². The van der Waals surface area contributed by atoms with Gasteiger partial charge in [-0.25, -0.2) is 4.79 Å². The standard InChI is InChI=1S/C15H12O5S/c1-20-15(16)12-8-4-7-10-9-5-2-3-6-11(9)14(13(10)12)21(17,18)19/h2-8,14H,1H3,(H,17,18,19). The molecule has 0 saturated heterocycles. The van der Waals surface area contributed by atoms with Crippen molar-refractivity contribution in [3.8, 4) is 11.1 Å². The topological polar surface area (TPSA) is 80.7 Å². The molecule has 108 valence electrons. The van der Waals surface area contributed by atoms with Crippen molar-refractivity contribution in [1.82, 2.24) is 0 Å². The molecule has 6 heteroatoms. The second-order valence-electron chi connectivity index (χ2n) is 4.74. The minimum atomic E-state index is -4.40. The molecule has 2 aromatic rings. The van der Waals surface area contributed by atoms with Crippen molar-refractivity contribution in [2.45, 2.75) is 5.25 Å². The van der Waals surface area contributed by atoms with Crippen molar-refractivity contribution in [2.75, 3.05) is 7.11 Å². The molecule has 0 radical (unpaired) electrons. The van der Waals surface area contributed by atoms with Crippen LogP contribution in [0.2, 0.25) is 0 Å². The summed E-state index contributed by atoms with van der Waals surface area (Å²) in [5, 5.41) is -1.26. The van der Waals surface area contributed by atoms with Gasteiger partial charge in [-0.1, -0.05) is 36.4 Å². The van der Waals surface area contributed by atoms with Crippen LogP contribution in [0.4, 0.5) is 0 Å². The van der Waals surface area contributed by atoms with Gasteiger partial charge >= 0.3 is 5.97 Å². The number of esters is 1. The predicted octanol–water partition coefficient (Wildman–Crippen LogP) is 2.43. The van der Waals surface area contributed by atoms with Gasteiger partial charge in [0.05, 0.1) is 12.7 Å². The van der Waals surface area contributed by atoms with E-state index in [1.54, 1.807) is 36.4 Å². The van der Waals surface area contributed by atoms with Gasteiger partial charge in [-0.05, 0) is 28.3 Å². The normalized spacial score (nSPS) is 16.2. The van der Waals surface area contributed by atoms with E-state index in [1.165, 1.54) is 13.2 Å². The van der Waals surface area contributed by atoms with Crippen LogP contribution in [0.15, 0.2) is 42.5 Å². The van der Waals surface area contributed by atoms with Crippen molar-refractivity contribution in [3.63, 3.8) is 0 Å². The second kappa shape index (κ2) is 4.68. The van der Waals surface area contributed by atoms with Crippen LogP contribution in [0, 0.1) is 0 Å². The van der Waals surface area contributed by atoms with E-state index in [0.717, 1.165) is 0 Å². The van der Waals surface area contributed by atoms with Crippen LogP contribution >= 0.6 is 0 Å². The van der Waals surface area contributed by atoms with Crippen molar-refractivity contribution in [1.29, 1.82) is 0 Å². The monoisotopic (exact) mass is 304 g/mol. The number of hydrogen-bond acceptors (Lipinski definition) is 4. The Morgan fingerprint density at radius 3 is 2.43 bits per heavy atom. The summed E-state index contributed by atoms with van der Waals surface area (Å²) in [6, 6.07) is 11.8. The number of carbonyl (C=O) groups is 1. The van der Waals surface area contributed by atoms with E-state index in [2.05, 4.69) is 0 Å². The summed E-state index contributed by atoms with van der Waals surface area (Å²) >= 11 is 0. The largest absolute Gasteiger partial charge is 0.465 e. The van der Waals surface area contributed by atoms with E-state index in [0.29, 0.717) is 16.7 Å². The summed E-state index contributed by atoms with van der Waals surface area (Å²) in [7, 11) is -3.17. The summed E-state index contributed by atoms with van der Waals surface area (Å²) in [6.45, 7) is 0. The Morgan fingerprint density at radius 1 is 1.10 bits per heavy atom. The number of methoxy groups -OCH3 is 1. The molecule has 1 N–H and O–H groups in total. The van der Waals surface area contributed by atoms with Crippen LogP contribution in [0.25, 0.3) is 11.1 Å². The first-order valence-electron chi connectivity index (χ1n) is 6.22. The van der Waals surface area contributed by atoms with Crippen LogP contribution in [0.5, 0.6) is 0 Å². The van der Waals surface area contributed by atoms with E-state index in [1.807, 2.05) is 0 Å². The molecule has 0 spiro atoms. The van der Waals surface area contributed by atoms with Crippen LogP contribution in [-0.2, 0) is 14.9 Å². The lowest BCUT2D eigenvalue weighted by atomic mass is 10.0.